The first-order valence-electron chi connectivity index (χ1n) is 21.3. The Hall–Kier alpha value is -1.42. The Morgan fingerprint density at radius 3 is 2.31 bits per heavy atom. The molecule has 0 aromatic carbocycles. The summed E-state index contributed by atoms with van der Waals surface area (Å²) in [4.78, 5) is 29.6. The van der Waals surface area contributed by atoms with E-state index in [1.807, 2.05) is 4.90 Å². The Kier molecular flexibility index (Phi) is 9.24. The van der Waals surface area contributed by atoms with Crippen molar-refractivity contribution in [2.45, 2.75) is 163 Å². The highest BCUT2D eigenvalue weighted by Crippen LogP contribution is 2.89. The van der Waals surface area contributed by atoms with Crippen molar-refractivity contribution in [2.75, 3.05) is 32.8 Å². The maximum absolute atomic E-state index is 13.0. The molecule has 3 saturated heterocycles. The molecule has 2 amide bonds. The number of rotatable bonds is 7. The Morgan fingerprint density at radius 2 is 1.63 bits per heavy atom. The number of likely N-dealkylation sites (tertiary alicyclic amines) is 1. The summed E-state index contributed by atoms with van der Waals surface area (Å²) >= 11 is 0. The standard InChI is InChI=1S/C43H70N2O7/c1-25(2)21-32(46)45-19-20-49-33(23-45)51-31-13-14-42-24-43(42)16-15-40(8)34-27(5)22-28(35(26(3)4)52-38(48)44-17-10-18-44)50-36(34)37(47)41(40,9)30(43)12-11-29(42)39(31,6)7/h25-31,33-37,47H,10-24H2,1-9H3/t27-,28-,29+,30+,31+,33+,34+,35-,36+,37+,40-,41-,42-,43?/m1/s1. The molecule has 0 aromatic rings. The van der Waals surface area contributed by atoms with Gasteiger partial charge in [-0.3, -0.25) is 4.79 Å². The number of aliphatic hydroxyl groups is 1. The third-order valence-electron chi connectivity index (χ3n) is 17.4. The third kappa shape index (κ3) is 5.26. The molecule has 0 radical (unpaired) electrons. The number of hydrogen-bond donors (Lipinski definition) is 1. The molecule has 3 heterocycles. The number of nitrogens with zero attached hydrogens (tertiary/aromatic N) is 2. The van der Waals surface area contributed by atoms with Gasteiger partial charge in [0.05, 0.1) is 37.6 Å². The predicted molar refractivity (Wildman–Crippen MR) is 198 cm³/mol. The maximum atomic E-state index is 13.0. The number of fused-ring (bicyclic) bond motifs is 4. The first-order valence-corrected chi connectivity index (χ1v) is 21.3. The molecule has 5 saturated carbocycles. The van der Waals surface area contributed by atoms with Crippen molar-refractivity contribution in [3.63, 3.8) is 0 Å². The van der Waals surface area contributed by atoms with Gasteiger partial charge in [-0.25, -0.2) is 4.79 Å². The summed E-state index contributed by atoms with van der Waals surface area (Å²) in [6.45, 7) is 23.9. The quantitative estimate of drug-likeness (QED) is 0.295. The number of amides is 2. The van der Waals surface area contributed by atoms with Crippen molar-refractivity contribution < 1.29 is 33.6 Å². The van der Waals surface area contributed by atoms with Crippen LogP contribution in [0, 0.1) is 62.6 Å². The number of carbonyl (C=O) groups is 2. The summed E-state index contributed by atoms with van der Waals surface area (Å²) in [7, 11) is 0. The minimum atomic E-state index is -0.541. The number of aliphatic hydroxyl groups excluding tert-OH is 1. The molecule has 8 fully saturated rings. The van der Waals surface area contributed by atoms with Crippen LogP contribution in [-0.2, 0) is 23.7 Å². The van der Waals surface area contributed by atoms with E-state index in [9.17, 15) is 14.7 Å². The Balaban J connectivity index is 0.994. The second kappa shape index (κ2) is 12.8. The van der Waals surface area contributed by atoms with Crippen LogP contribution in [0.4, 0.5) is 4.79 Å². The molecular weight excluding hydrogens is 656 g/mol. The number of morpholine rings is 1. The van der Waals surface area contributed by atoms with Crippen LogP contribution in [0.2, 0.25) is 0 Å². The lowest BCUT2D eigenvalue weighted by molar-refractivity contribution is -0.248. The van der Waals surface area contributed by atoms with Crippen molar-refractivity contribution in [3.8, 4) is 0 Å². The SMILES string of the molecule is CC(C)CC(=O)N1CCO[C@@H](O[C@H]2CC[C@]34CC35CC[C@]3(C)[C@@H]6[C@H](O[C@@H]([C@H](OC(=O)N7CCC7)C(C)C)C[C@H]6C)[C@H](O)[C@@]3(C)[C@@H]5CC[C@H]4C2(C)C)C1. The minimum absolute atomic E-state index is 0.00553. The molecule has 14 atom stereocenters. The van der Waals surface area contributed by atoms with Gasteiger partial charge in [0.2, 0.25) is 5.91 Å². The second-order valence-electron chi connectivity index (χ2n) is 20.9. The fourth-order valence-electron chi connectivity index (χ4n) is 14.7. The third-order valence-corrected chi connectivity index (χ3v) is 17.4. The van der Waals surface area contributed by atoms with Gasteiger partial charge in [0.25, 0.3) is 0 Å². The Labute approximate surface area is 313 Å². The highest BCUT2D eigenvalue weighted by Gasteiger charge is 2.84. The molecule has 5 aliphatic carbocycles. The first kappa shape index (κ1) is 37.5. The van der Waals surface area contributed by atoms with E-state index in [0.717, 1.165) is 45.2 Å². The fourth-order valence-corrected chi connectivity index (χ4v) is 14.7. The van der Waals surface area contributed by atoms with Crippen LogP contribution in [0.5, 0.6) is 0 Å². The van der Waals surface area contributed by atoms with Crippen LogP contribution in [0.3, 0.4) is 0 Å². The average Bonchev–Trinajstić information content (AvgIpc) is 3.68. The van der Waals surface area contributed by atoms with Crippen LogP contribution in [0.15, 0.2) is 0 Å². The lowest BCUT2D eigenvalue weighted by Gasteiger charge is -2.64. The average molecular weight is 727 g/mol. The Morgan fingerprint density at radius 1 is 0.923 bits per heavy atom. The van der Waals surface area contributed by atoms with Gasteiger partial charge >= 0.3 is 6.09 Å². The van der Waals surface area contributed by atoms with E-state index in [-0.39, 0.29) is 76.2 Å². The normalized spacial score (nSPS) is 48.1. The monoisotopic (exact) mass is 727 g/mol. The molecule has 2 spiro atoms. The number of hydrogen-bond acceptors (Lipinski definition) is 7. The summed E-state index contributed by atoms with van der Waals surface area (Å²) in [5.41, 5.74) is 0.307. The van der Waals surface area contributed by atoms with E-state index < -0.39 is 6.10 Å². The molecule has 294 valence electrons. The van der Waals surface area contributed by atoms with E-state index in [1.165, 1.54) is 25.7 Å². The molecule has 8 aliphatic rings. The van der Waals surface area contributed by atoms with E-state index in [4.69, 9.17) is 18.9 Å². The van der Waals surface area contributed by atoms with Crippen molar-refractivity contribution in [1.29, 1.82) is 0 Å². The van der Waals surface area contributed by atoms with Crippen LogP contribution >= 0.6 is 0 Å². The molecule has 1 unspecified atom stereocenters. The number of ether oxygens (including phenoxy) is 4. The Bertz CT molecular complexity index is 1400. The van der Waals surface area contributed by atoms with E-state index in [0.29, 0.717) is 55.2 Å². The maximum Gasteiger partial charge on any atom is 0.410 e. The first-order chi connectivity index (χ1) is 24.5. The van der Waals surface area contributed by atoms with Gasteiger partial charge in [0.15, 0.2) is 6.29 Å². The largest absolute Gasteiger partial charge is 0.443 e. The van der Waals surface area contributed by atoms with Gasteiger partial charge in [-0.15, -0.1) is 0 Å². The van der Waals surface area contributed by atoms with Gasteiger partial charge in [-0.1, -0.05) is 62.3 Å². The molecule has 1 N–H and O–H groups in total. The molecule has 0 bridgehead atoms. The van der Waals surface area contributed by atoms with Gasteiger partial charge < -0.3 is 33.9 Å². The van der Waals surface area contributed by atoms with Crippen molar-refractivity contribution in [1.82, 2.24) is 9.80 Å². The van der Waals surface area contributed by atoms with Crippen molar-refractivity contribution >= 4 is 12.0 Å². The highest BCUT2D eigenvalue weighted by molar-refractivity contribution is 5.76. The molecule has 3 aliphatic heterocycles. The summed E-state index contributed by atoms with van der Waals surface area (Å²) in [5.74, 6) is 2.38. The van der Waals surface area contributed by atoms with Crippen molar-refractivity contribution in [3.05, 3.63) is 0 Å². The lowest BCUT2D eigenvalue weighted by Crippen LogP contribution is -2.60. The fraction of sp³-hybridized carbons (Fsp3) is 0.953. The van der Waals surface area contributed by atoms with Gasteiger partial charge in [0, 0.05) is 31.5 Å². The van der Waals surface area contributed by atoms with E-state index in [1.54, 1.807) is 4.90 Å². The molecule has 52 heavy (non-hydrogen) atoms. The smallest absolute Gasteiger partial charge is 0.410 e. The zero-order valence-electron chi connectivity index (χ0n) is 33.8. The lowest BCUT2D eigenvalue weighted by atomic mass is 9.41. The minimum Gasteiger partial charge on any atom is -0.443 e. The van der Waals surface area contributed by atoms with Crippen LogP contribution < -0.4 is 0 Å². The zero-order chi connectivity index (χ0) is 37.2. The van der Waals surface area contributed by atoms with Crippen LogP contribution in [0.25, 0.3) is 0 Å². The van der Waals surface area contributed by atoms with E-state index in [2.05, 4.69) is 62.3 Å². The molecule has 9 heteroatoms. The highest BCUT2D eigenvalue weighted by atomic mass is 16.7. The predicted octanol–water partition coefficient (Wildman–Crippen LogP) is 7.28. The molecular formula is C43H70N2O7. The number of carbonyl (C=O) groups excluding carboxylic acids is 2. The van der Waals surface area contributed by atoms with Crippen LogP contribution in [0.1, 0.15) is 127 Å². The summed E-state index contributed by atoms with van der Waals surface area (Å²) < 4.78 is 26.2. The van der Waals surface area contributed by atoms with Crippen LogP contribution in [-0.4, -0.2) is 96.5 Å². The molecule has 0 aromatic heterocycles. The summed E-state index contributed by atoms with van der Waals surface area (Å²) in [6.07, 6.45) is 8.86. The van der Waals surface area contributed by atoms with Gasteiger partial charge in [-0.05, 0) is 115 Å². The second-order valence-corrected chi connectivity index (χ2v) is 20.9. The zero-order valence-corrected chi connectivity index (χ0v) is 33.8. The summed E-state index contributed by atoms with van der Waals surface area (Å²) in [6, 6.07) is 0. The topological polar surface area (TPSA) is 97.8 Å². The molecule has 8 rings (SSSR count). The van der Waals surface area contributed by atoms with Gasteiger partial charge in [0.1, 0.15) is 6.10 Å². The van der Waals surface area contributed by atoms with Crippen molar-refractivity contribution in [2.24, 2.45) is 62.6 Å². The van der Waals surface area contributed by atoms with Gasteiger partial charge in [-0.2, -0.15) is 0 Å². The van der Waals surface area contributed by atoms with E-state index >= 15 is 0 Å². The molecule has 9 nitrogen and oxygen atoms in total. The summed E-state index contributed by atoms with van der Waals surface area (Å²) in [5, 5.41) is 12.7.